The summed E-state index contributed by atoms with van der Waals surface area (Å²) < 4.78 is 14.1. The molecule has 3 rings (SSSR count). The van der Waals surface area contributed by atoms with Crippen LogP contribution in [-0.4, -0.2) is 0 Å². The number of hydrogen-bond donors (Lipinski definition) is 0. The van der Waals surface area contributed by atoms with E-state index in [4.69, 9.17) is 0 Å². The number of halogens is 1. The van der Waals surface area contributed by atoms with E-state index < -0.39 is 0 Å². The molecule has 0 atom stereocenters. The molecule has 0 nitrogen and oxygen atoms in total. The summed E-state index contributed by atoms with van der Waals surface area (Å²) in [5, 5.41) is 1.54. The summed E-state index contributed by atoms with van der Waals surface area (Å²) in [6.45, 7) is 4.01. The van der Waals surface area contributed by atoms with Gasteiger partial charge < -0.3 is 0 Å². The molecule has 0 bridgehead atoms. The Labute approximate surface area is 149 Å². The van der Waals surface area contributed by atoms with Crippen molar-refractivity contribution < 1.29 is 4.39 Å². The number of aryl methyl sites for hydroxylation is 2. The Morgan fingerprint density at radius 2 is 1.56 bits per heavy atom. The second kappa shape index (κ2) is 7.99. The van der Waals surface area contributed by atoms with Gasteiger partial charge in [-0.15, -0.1) is 0 Å². The zero-order chi connectivity index (χ0) is 17.6. The van der Waals surface area contributed by atoms with Crippen LogP contribution in [0.25, 0.3) is 10.8 Å². The predicted octanol–water partition coefficient (Wildman–Crippen LogP) is 6.42. The second-order valence-electron chi connectivity index (χ2n) is 6.54. The third-order valence-corrected chi connectivity index (χ3v) is 4.52. The molecule has 3 aromatic carbocycles. The van der Waals surface area contributed by atoms with E-state index >= 15 is 0 Å². The highest BCUT2D eigenvalue weighted by molar-refractivity contribution is 5.85. The van der Waals surface area contributed by atoms with Crippen molar-refractivity contribution in [2.75, 3.05) is 0 Å². The van der Waals surface area contributed by atoms with Crippen molar-refractivity contribution in [3.8, 4) is 11.8 Å². The van der Waals surface area contributed by atoms with Crippen LogP contribution in [0.2, 0.25) is 0 Å². The fraction of sp³-hybridized carbons (Fsp3) is 0.250. The normalized spacial score (nSPS) is 10.5. The van der Waals surface area contributed by atoms with Crippen molar-refractivity contribution in [3.05, 3.63) is 82.7 Å². The van der Waals surface area contributed by atoms with Crippen LogP contribution < -0.4 is 0 Å². The summed E-state index contributed by atoms with van der Waals surface area (Å²) in [5.41, 5.74) is 3.96. The quantitative estimate of drug-likeness (QED) is 0.382. The largest absolute Gasteiger partial charge is 0.206 e. The molecule has 0 N–H and O–H groups in total. The average Bonchev–Trinajstić information content (AvgIpc) is 2.64. The number of hydrogen-bond acceptors (Lipinski definition) is 0. The van der Waals surface area contributed by atoms with Gasteiger partial charge >= 0.3 is 0 Å². The van der Waals surface area contributed by atoms with Crippen LogP contribution in [0.3, 0.4) is 0 Å². The Morgan fingerprint density at radius 1 is 0.840 bits per heavy atom. The van der Waals surface area contributed by atoms with E-state index in [-0.39, 0.29) is 5.82 Å². The summed E-state index contributed by atoms with van der Waals surface area (Å²) in [6.07, 6.45) is 4.91. The van der Waals surface area contributed by atoms with Crippen LogP contribution in [0.4, 0.5) is 4.39 Å². The van der Waals surface area contributed by atoms with Crippen molar-refractivity contribution >= 4 is 10.8 Å². The van der Waals surface area contributed by atoms with Gasteiger partial charge in [-0.25, -0.2) is 4.39 Å². The molecule has 0 aliphatic heterocycles. The Balaban J connectivity index is 1.77. The zero-order valence-electron chi connectivity index (χ0n) is 14.9. The fourth-order valence-corrected chi connectivity index (χ4v) is 2.96. The van der Waals surface area contributed by atoms with Gasteiger partial charge in [-0.2, -0.15) is 0 Å². The Morgan fingerprint density at radius 3 is 2.32 bits per heavy atom. The lowest BCUT2D eigenvalue weighted by atomic mass is 10.0. The lowest BCUT2D eigenvalue weighted by molar-refractivity contribution is 0.631. The van der Waals surface area contributed by atoms with Gasteiger partial charge in [0.15, 0.2) is 0 Å². The summed E-state index contributed by atoms with van der Waals surface area (Å²) in [7, 11) is 0. The van der Waals surface area contributed by atoms with Gasteiger partial charge in [-0.05, 0) is 60.5 Å². The molecule has 0 fully saturated rings. The van der Waals surface area contributed by atoms with Crippen LogP contribution in [0, 0.1) is 24.6 Å². The molecule has 0 unspecified atom stereocenters. The molecule has 0 aliphatic carbocycles. The van der Waals surface area contributed by atoms with Crippen LogP contribution in [-0.2, 0) is 6.42 Å². The maximum atomic E-state index is 14.1. The van der Waals surface area contributed by atoms with Gasteiger partial charge in [0, 0.05) is 16.5 Å². The van der Waals surface area contributed by atoms with Crippen molar-refractivity contribution in [1.82, 2.24) is 0 Å². The first kappa shape index (κ1) is 17.2. The maximum absolute atomic E-state index is 14.1. The van der Waals surface area contributed by atoms with E-state index in [0.29, 0.717) is 10.9 Å². The Bertz CT molecular complexity index is 924. The SMILES string of the molecule is CCCCCc1ccc(C#Cc2ccc3c(F)c(C)ccc3c2)cc1. The number of unbranched alkanes of at least 4 members (excludes halogenated alkanes) is 2. The average molecular weight is 330 g/mol. The first-order valence-corrected chi connectivity index (χ1v) is 8.97. The molecule has 0 radical (unpaired) electrons. The highest BCUT2D eigenvalue weighted by Crippen LogP contribution is 2.21. The van der Waals surface area contributed by atoms with Crippen LogP contribution in [0.15, 0.2) is 54.6 Å². The van der Waals surface area contributed by atoms with E-state index in [1.54, 1.807) is 6.92 Å². The third kappa shape index (κ3) is 4.28. The van der Waals surface area contributed by atoms with E-state index in [1.807, 2.05) is 30.3 Å². The Hall–Kier alpha value is -2.59. The van der Waals surface area contributed by atoms with Crippen molar-refractivity contribution in [2.45, 2.75) is 39.5 Å². The molecular weight excluding hydrogens is 307 g/mol. The van der Waals surface area contributed by atoms with E-state index in [2.05, 4.69) is 43.0 Å². The van der Waals surface area contributed by atoms with Crippen molar-refractivity contribution in [1.29, 1.82) is 0 Å². The first-order chi connectivity index (χ1) is 12.2. The monoisotopic (exact) mass is 330 g/mol. The van der Waals surface area contributed by atoms with Gasteiger partial charge in [-0.3, -0.25) is 0 Å². The molecule has 25 heavy (non-hydrogen) atoms. The van der Waals surface area contributed by atoms with Crippen LogP contribution in [0.5, 0.6) is 0 Å². The standard InChI is InChI=1S/C24H23F/c1-3-4-5-6-19-8-10-20(11-9-19)12-13-21-14-16-23-22(17-21)15-7-18(2)24(23)25/h7-11,14-17H,3-6H2,1-2H3. The number of rotatable bonds is 4. The molecule has 0 saturated carbocycles. The highest BCUT2D eigenvalue weighted by atomic mass is 19.1. The van der Waals surface area contributed by atoms with Crippen LogP contribution in [0.1, 0.15) is 48.4 Å². The predicted molar refractivity (Wildman–Crippen MR) is 104 cm³/mol. The topological polar surface area (TPSA) is 0 Å². The summed E-state index contributed by atoms with van der Waals surface area (Å²) in [5.74, 6) is 6.25. The second-order valence-corrected chi connectivity index (χ2v) is 6.54. The molecule has 1 heteroatoms. The fourth-order valence-electron chi connectivity index (χ4n) is 2.96. The molecule has 0 aromatic heterocycles. The lowest BCUT2D eigenvalue weighted by Gasteiger charge is -2.03. The molecule has 126 valence electrons. The van der Waals surface area contributed by atoms with Gasteiger partial charge in [-0.1, -0.05) is 61.9 Å². The first-order valence-electron chi connectivity index (χ1n) is 8.97. The van der Waals surface area contributed by atoms with Gasteiger partial charge in [0.25, 0.3) is 0 Å². The molecule has 0 heterocycles. The van der Waals surface area contributed by atoms with Gasteiger partial charge in [0.1, 0.15) is 5.82 Å². The summed E-state index contributed by atoms with van der Waals surface area (Å²) in [6, 6.07) is 17.9. The molecular formula is C24H23F. The molecule has 3 aromatic rings. The maximum Gasteiger partial charge on any atom is 0.133 e. The molecule has 0 saturated heterocycles. The van der Waals surface area contributed by atoms with Crippen molar-refractivity contribution in [2.24, 2.45) is 0 Å². The van der Waals surface area contributed by atoms with E-state index in [0.717, 1.165) is 22.9 Å². The van der Waals surface area contributed by atoms with Gasteiger partial charge in [0.2, 0.25) is 0 Å². The summed E-state index contributed by atoms with van der Waals surface area (Å²) in [4.78, 5) is 0. The minimum atomic E-state index is -0.143. The minimum Gasteiger partial charge on any atom is -0.206 e. The zero-order valence-corrected chi connectivity index (χ0v) is 14.9. The van der Waals surface area contributed by atoms with Crippen LogP contribution >= 0.6 is 0 Å². The third-order valence-electron chi connectivity index (χ3n) is 4.52. The Kier molecular flexibility index (Phi) is 5.51. The highest BCUT2D eigenvalue weighted by Gasteiger charge is 2.03. The number of fused-ring (bicyclic) bond motifs is 1. The van der Waals surface area contributed by atoms with E-state index in [1.165, 1.54) is 24.8 Å². The minimum absolute atomic E-state index is 0.143. The van der Waals surface area contributed by atoms with Gasteiger partial charge in [0.05, 0.1) is 0 Å². The molecule has 0 spiro atoms. The smallest absolute Gasteiger partial charge is 0.133 e. The van der Waals surface area contributed by atoms with Crippen molar-refractivity contribution in [3.63, 3.8) is 0 Å². The lowest BCUT2D eigenvalue weighted by Crippen LogP contribution is -1.86. The number of benzene rings is 3. The summed E-state index contributed by atoms with van der Waals surface area (Å²) >= 11 is 0. The molecule has 0 amide bonds. The molecule has 0 aliphatic rings. The van der Waals surface area contributed by atoms with E-state index in [9.17, 15) is 4.39 Å².